The fourth-order valence-corrected chi connectivity index (χ4v) is 3.10. The van der Waals surface area contributed by atoms with Crippen LogP contribution in [-0.2, 0) is 0 Å². The predicted molar refractivity (Wildman–Crippen MR) is 67.2 cm³/mol. The summed E-state index contributed by atoms with van der Waals surface area (Å²) < 4.78 is 5.96. The summed E-state index contributed by atoms with van der Waals surface area (Å²) in [5.41, 5.74) is 2.03. The van der Waals surface area contributed by atoms with Gasteiger partial charge in [-0.1, -0.05) is 35.8 Å². The lowest BCUT2D eigenvalue weighted by Gasteiger charge is -2.01. The van der Waals surface area contributed by atoms with Crippen LogP contribution < -0.4 is 0 Å². The highest BCUT2D eigenvalue weighted by atomic mass is 32.2. The van der Waals surface area contributed by atoms with Gasteiger partial charge in [0.1, 0.15) is 5.52 Å². The molecule has 5 heteroatoms. The van der Waals surface area contributed by atoms with Gasteiger partial charge in [0.25, 0.3) is 0 Å². The maximum absolute atomic E-state index is 5.33. The maximum Gasteiger partial charge on any atom is 0.106 e. The lowest BCUT2D eigenvalue weighted by atomic mass is 10.2. The van der Waals surface area contributed by atoms with E-state index in [9.17, 15) is 0 Å². The molecule has 0 radical (unpaired) electrons. The molecule has 1 aromatic carbocycles. The van der Waals surface area contributed by atoms with Gasteiger partial charge in [-0.15, -0.1) is 16.9 Å². The molecule has 0 saturated carbocycles. The third-order valence-electron chi connectivity index (χ3n) is 1.77. The summed E-state index contributed by atoms with van der Waals surface area (Å²) in [5.74, 6) is 1.00. The van der Waals surface area contributed by atoms with Gasteiger partial charge >= 0.3 is 0 Å². The van der Waals surface area contributed by atoms with Gasteiger partial charge in [0.05, 0.1) is 8.90 Å². The van der Waals surface area contributed by atoms with Crippen LogP contribution in [-0.4, -0.2) is 19.5 Å². The molecular formula is C9H8N2S3. The Labute approximate surface area is 95.9 Å². The first kappa shape index (κ1) is 10.0. The van der Waals surface area contributed by atoms with Crippen molar-refractivity contribution in [3.63, 3.8) is 0 Å². The van der Waals surface area contributed by atoms with E-state index in [0.717, 1.165) is 25.7 Å². The number of hydrogen-bond donors (Lipinski definition) is 0. The van der Waals surface area contributed by atoms with Crippen molar-refractivity contribution < 1.29 is 0 Å². The molecule has 1 aromatic heterocycles. The molecular weight excluding hydrogens is 232 g/mol. The predicted octanol–water partition coefficient (Wildman–Crippen LogP) is 3.12. The van der Waals surface area contributed by atoms with E-state index in [4.69, 9.17) is 12.2 Å². The molecule has 0 unspecified atom stereocenters. The van der Waals surface area contributed by atoms with Gasteiger partial charge in [0.2, 0.25) is 0 Å². The van der Waals surface area contributed by atoms with Crippen molar-refractivity contribution in [1.29, 1.82) is 0 Å². The van der Waals surface area contributed by atoms with E-state index in [0.29, 0.717) is 0 Å². The smallest absolute Gasteiger partial charge is 0.106 e. The molecule has 0 bridgehead atoms. The second-order valence-corrected chi connectivity index (χ2v) is 5.34. The van der Waals surface area contributed by atoms with Crippen LogP contribution in [0, 0.1) is 0 Å². The molecule has 2 nitrogen and oxygen atoms in total. The second kappa shape index (κ2) is 4.33. The maximum atomic E-state index is 5.33. The number of fused-ring (bicyclic) bond motifs is 1. The minimum absolute atomic E-state index is 0.934. The third kappa shape index (κ3) is 1.80. The first-order chi connectivity index (χ1) is 6.83. The second-order valence-electron chi connectivity index (χ2n) is 2.65. The normalized spacial score (nSPS) is 10.6. The van der Waals surface area contributed by atoms with Crippen molar-refractivity contribution in [3.05, 3.63) is 23.8 Å². The van der Waals surface area contributed by atoms with E-state index in [1.54, 1.807) is 11.8 Å². The van der Waals surface area contributed by atoms with E-state index >= 15 is 0 Å². The summed E-state index contributed by atoms with van der Waals surface area (Å²) in [7, 11) is 0. The molecule has 2 aromatic rings. The number of aromatic nitrogens is 2. The van der Waals surface area contributed by atoms with Gasteiger partial charge in [-0.25, -0.2) is 0 Å². The zero-order valence-electron chi connectivity index (χ0n) is 7.56. The van der Waals surface area contributed by atoms with Gasteiger partial charge < -0.3 is 0 Å². The van der Waals surface area contributed by atoms with Crippen LogP contribution in [0.3, 0.4) is 0 Å². The van der Waals surface area contributed by atoms with E-state index < -0.39 is 0 Å². The average Bonchev–Trinajstić information content (AvgIpc) is 2.65. The Bertz CT molecular complexity index is 464. The number of rotatable bonds is 2. The molecule has 72 valence electrons. The zero-order valence-corrected chi connectivity index (χ0v) is 10.0. The van der Waals surface area contributed by atoms with Crippen LogP contribution >= 0.6 is 35.5 Å². The van der Waals surface area contributed by atoms with E-state index in [1.165, 1.54) is 11.5 Å². The molecule has 2 rings (SSSR count). The quantitative estimate of drug-likeness (QED) is 0.753. The van der Waals surface area contributed by atoms with Crippen molar-refractivity contribution in [3.8, 4) is 0 Å². The largest absolute Gasteiger partial charge is 0.138 e. The summed E-state index contributed by atoms with van der Waals surface area (Å²) in [6.45, 7) is 2.10. The molecule has 0 amide bonds. The van der Waals surface area contributed by atoms with Gasteiger partial charge in [0.15, 0.2) is 0 Å². The highest BCUT2D eigenvalue weighted by Gasteiger charge is 2.08. The Morgan fingerprint density at radius 1 is 1.57 bits per heavy atom. The summed E-state index contributed by atoms with van der Waals surface area (Å²) in [5, 5.41) is 4.02. The highest BCUT2D eigenvalue weighted by Crippen LogP contribution is 2.24. The summed E-state index contributed by atoms with van der Waals surface area (Å²) in [4.78, 5) is 0. The van der Waals surface area contributed by atoms with Gasteiger partial charge in [-0.2, -0.15) is 0 Å². The van der Waals surface area contributed by atoms with Crippen molar-refractivity contribution in [1.82, 2.24) is 9.59 Å². The van der Waals surface area contributed by atoms with Crippen LogP contribution in [0.5, 0.6) is 0 Å². The van der Waals surface area contributed by atoms with Crippen molar-refractivity contribution >= 4 is 49.9 Å². The number of benzene rings is 1. The number of hydrogen-bond acceptors (Lipinski definition) is 5. The SMILES string of the molecule is CCSC(=S)c1cccc2nnsc12. The molecule has 0 atom stereocenters. The highest BCUT2D eigenvalue weighted by molar-refractivity contribution is 8.23. The van der Waals surface area contributed by atoms with Crippen LogP contribution in [0.25, 0.3) is 10.2 Å². The Hall–Kier alpha value is -0.520. The molecule has 1 heterocycles. The standard InChI is InChI=1S/C9H8N2S3/c1-2-13-9(12)6-4-3-5-7-8(6)14-11-10-7/h3-5H,2H2,1H3. The molecule has 0 aliphatic rings. The molecule has 0 saturated heterocycles. The van der Waals surface area contributed by atoms with E-state index in [-0.39, 0.29) is 0 Å². The Balaban J connectivity index is 2.50. The molecule has 14 heavy (non-hydrogen) atoms. The molecule has 0 aliphatic carbocycles. The van der Waals surface area contributed by atoms with Crippen LogP contribution in [0.4, 0.5) is 0 Å². The van der Waals surface area contributed by atoms with Crippen molar-refractivity contribution in [2.24, 2.45) is 0 Å². The van der Waals surface area contributed by atoms with Gasteiger partial charge in [0, 0.05) is 5.56 Å². The van der Waals surface area contributed by atoms with Crippen LogP contribution in [0.2, 0.25) is 0 Å². The molecule has 0 spiro atoms. The lowest BCUT2D eigenvalue weighted by Crippen LogP contribution is -1.91. The van der Waals surface area contributed by atoms with Gasteiger partial charge in [-0.05, 0) is 23.4 Å². The Morgan fingerprint density at radius 2 is 2.43 bits per heavy atom. The first-order valence-electron chi connectivity index (χ1n) is 4.21. The fourth-order valence-electron chi connectivity index (χ4n) is 1.17. The van der Waals surface area contributed by atoms with E-state index in [1.807, 2.05) is 18.2 Å². The monoisotopic (exact) mass is 240 g/mol. The lowest BCUT2D eigenvalue weighted by molar-refractivity contribution is 1.20. The van der Waals surface area contributed by atoms with Crippen LogP contribution in [0.1, 0.15) is 12.5 Å². The summed E-state index contributed by atoms with van der Waals surface area (Å²) in [6, 6.07) is 5.97. The van der Waals surface area contributed by atoms with E-state index in [2.05, 4.69) is 16.5 Å². The third-order valence-corrected chi connectivity index (χ3v) is 3.89. The number of thioether (sulfide) groups is 1. The first-order valence-corrected chi connectivity index (χ1v) is 6.38. The summed E-state index contributed by atoms with van der Waals surface area (Å²) >= 11 is 8.42. The molecule has 0 N–H and O–H groups in total. The zero-order chi connectivity index (χ0) is 9.97. The fraction of sp³-hybridized carbons (Fsp3) is 0.222. The Morgan fingerprint density at radius 3 is 3.21 bits per heavy atom. The minimum atomic E-state index is 0.934. The Kier molecular flexibility index (Phi) is 3.10. The molecule has 0 fully saturated rings. The molecule has 0 aliphatic heterocycles. The number of thiocarbonyl (C=S) groups is 1. The van der Waals surface area contributed by atoms with Crippen molar-refractivity contribution in [2.45, 2.75) is 6.92 Å². The average molecular weight is 240 g/mol. The number of nitrogens with zero attached hydrogens (tertiary/aromatic N) is 2. The minimum Gasteiger partial charge on any atom is -0.138 e. The summed E-state index contributed by atoms with van der Waals surface area (Å²) in [6.07, 6.45) is 0. The van der Waals surface area contributed by atoms with Gasteiger partial charge in [-0.3, -0.25) is 0 Å². The topological polar surface area (TPSA) is 25.8 Å². The van der Waals surface area contributed by atoms with Crippen LogP contribution in [0.15, 0.2) is 18.2 Å². The van der Waals surface area contributed by atoms with Crippen molar-refractivity contribution in [2.75, 3.05) is 5.75 Å².